The van der Waals surface area contributed by atoms with E-state index in [2.05, 4.69) is 22.1 Å². The van der Waals surface area contributed by atoms with Crippen molar-refractivity contribution in [1.82, 2.24) is 9.97 Å². The number of hydrogen-bond donors (Lipinski definition) is 1. The maximum Gasteiger partial charge on any atom is 0.0704 e. The number of aromatic nitrogens is 2. The number of aryl methyl sites for hydroxylation is 1. The Balaban J connectivity index is 2.03. The summed E-state index contributed by atoms with van der Waals surface area (Å²) in [5.74, 6) is 0. The molecular weight excluding hydrogens is 234 g/mol. The van der Waals surface area contributed by atoms with Gasteiger partial charge >= 0.3 is 0 Å². The van der Waals surface area contributed by atoms with Gasteiger partial charge in [-0.25, -0.2) is 0 Å². The van der Waals surface area contributed by atoms with Crippen molar-refractivity contribution in [3.63, 3.8) is 0 Å². The average molecular weight is 249 g/mol. The summed E-state index contributed by atoms with van der Waals surface area (Å²) in [6.07, 6.45) is 2.64. The lowest BCUT2D eigenvalue weighted by Crippen LogP contribution is -1.99. The van der Waals surface area contributed by atoms with Crippen molar-refractivity contribution in [3.8, 4) is 0 Å². The largest absolute Gasteiger partial charge is 0.397 e. The first-order valence-electron chi connectivity index (χ1n) is 6.28. The number of anilines is 1. The summed E-state index contributed by atoms with van der Waals surface area (Å²) in [5, 5.41) is 1.18. The molecular formula is C16H15N3. The number of para-hydroxylation sites is 1. The fourth-order valence-electron chi connectivity index (χ4n) is 2.23. The van der Waals surface area contributed by atoms with E-state index in [1.807, 2.05) is 43.5 Å². The van der Waals surface area contributed by atoms with Gasteiger partial charge in [0.1, 0.15) is 0 Å². The number of hydrogen-bond acceptors (Lipinski definition) is 3. The van der Waals surface area contributed by atoms with E-state index < -0.39 is 0 Å². The van der Waals surface area contributed by atoms with Crippen molar-refractivity contribution in [3.05, 3.63) is 65.6 Å². The molecule has 0 aliphatic rings. The van der Waals surface area contributed by atoms with Gasteiger partial charge in [-0.1, -0.05) is 18.2 Å². The van der Waals surface area contributed by atoms with Crippen LogP contribution in [0.25, 0.3) is 10.9 Å². The Morgan fingerprint density at radius 2 is 1.89 bits per heavy atom. The highest BCUT2D eigenvalue weighted by atomic mass is 14.7. The van der Waals surface area contributed by atoms with Crippen molar-refractivity contribution < 1.29 is 0 Å². The second-order valence-corrected chi connectivity index (χ2v) is 4.64. The number of nitrogens with zero attached hydrogens (tertiary/aromatic N) is 2. The quantitative estimate of drug-likeness (QED) is 0.759. The van der Waals surface area contributed by atoms with Crippen LogP contribution in [0.1, 0.15) is 17.0 Å². The summed E-state index contributed by atoms with van der Waals surface area (Å²) in [6.45, 7) is 1.93. The lowest BCUT2D eigenvalue weighted by atomic mass is 10.0. The van der Waals surface area contributed by atoms with Crippen LogP contribution in [0.4, 0.5) is 5.69 Å². The first-order valence-corrected chi connectivity index (χ1v) is 6.28. The van der Waals surface area contributed by atoms with E-state index in [0.29, 0.717) is 0 Å². The van der Waals surface area contributed by atoms with Crippen LogP contribution >= 0.6 is 0 Å². The molecule has 0 saturated heterocycles. The van der Waals surface area contributed by atoms with Gasteiger partial charge in [0.05, 0.1) is 16.9 Å². The SMILES string of the molecule is Cc1nc(Cc2ccnc3ccccc23)ccc1N. The molecule has 0 aliphatic carbocycles. The number of nitrogen functional groups attached to an aromatic ring is 1. The summed E-state index contributed by atoms with van der Waals surface area (Å²) in [4.78, 5) is 8.90. The molecule has 3 heteroatoms. The Bertz CT molecular complexity index is 730. The van der Waals surface area contributed by atoms with Crippen molar-refractivity contribution in [1.29, 1.82) is 0 Å². The maximum atomic E-state index is 5.80. The van der Waals surface area contributed by atoms with Gasteiger partial charge in [-0.2, -0.15) is 0 Å². The second kappa shape index (κ2) is 4.69. The molecule has 1 aromatic carbocycles. The lowest BCUT2D eigenvalue weighted by molar-refractivity contribution is 1.04. The molecule has 0 saturated carbocycles. The molecule has 2 aromatic heterocycles. The highest BCUT2D eigenvalue weighted by molar-refractivity contribution is 5.82. The Morgan fingerprint density at radius 1 is 1.05 bits per heavy atom. The Morgan fingerprint density at radius 3 is 2.74 bits per heavy atom. The summed E-state index contributed by atoms with van der Waals surface area (Å²) in [5.41, 5.74) is 10.7. The average Bonchev–Trinajstić information content (AvgIpc) is 2.43. The van der Waals surface area contributed by atoms with Gasteiger partial charge in [-0.15, -0.1) is 0 Å². The standard InChI is InChI=1S/C16H15N3/c1-11-15(17)7-6-13(19-11)10-12-8-9-18-16-5-3-2-4-14(12)16/h2-9H,10,17H2,1H3. The van der Waals surface area contributed by atoms with Gasteiger partial charge in [0, 0.05) is 23.7 Å². The van der Waals surface area contributed by atoms with Crippen LogP contribution in [-0.4, -0.2) is 9.97 Å². The number of fused-ring (bicyclic) bond motifs is 1. The molecule has 0 atom stereocenters. The number of pyridine rings is 2. The fraction of sp³-hybridized carbons (Fsp3) is 0.125. The molecule has 19 heavy (non-hydrogen) atoms. The Hall–Kier alpha value is -2.42. The Kier molecular flexibility index (Phi) is 2.88. The van der Waals surface area contributed by atoms with E-state index in [-0.39, 0.29) is 0 Å². The summed E-state index contributed by atoms with van der Waals surface area (Å²) in [7, 11) is 0. The van der Waals surface area contributed by atoms with Crippen molar-refractivity contribution in [2.75, 3.05) is 5.73 Å². The van der Waals surface area contributed by atoms with Gasteiger partial charge < -0.3 is 5.73 Å². The van der Waals surface area contributed by atoms with E-state index in [4.69, 9.17) is 5.73 Å². The van der Waals surface area contributed by atoms with Crippen LogP contribution in [0.2, 0.25) is 0 Å². The molecule has 3 aromatic rings. The van der Waals surface area contributed by atoms with Gasteiger partial charge in [0.15, 0.2) is 0 Å². The minimum atomic E-state index is 0.739. The smallest absolute Gasteiger partial charge is 0.0704 e. The molecule has 0 spiro atoms. The minimum absolute atomic E-state index is 0.739. The van der Waals surface area contributed by atoms with Crippen LogP contribution in [0.5, 0.6) is 0 Å². The summed E-state index contributed by atoms with van der Waals surface area (Å²) < 4.78 is 0. The highest BCUT2D eigenvalue weighted by Crippen LogP contribution is 2.19. The van der Waals surface area contributed by atoms with Gasteiger partial charge in [0.2, 0.25) is 0 Å². The van der Waals surface area contributed by atoms with Crippen molar-refractivity contribution in [2.45, 2.75) is 13.3 Å². The van der Waals surface area contributed by atoms with Crippen LogP contribution in [0.15, 0.2) is 48.7 Å². The topological polar surface area (TPSA) is 51.8 Å². The zero-order valence-electron chi connectivity index (χ0n) is 10.8. The second-order valence-electron chi connectivity index (χ2n) is 4.64. The minimum Gasteiger partial charge on any atom is -0.397 e. The van der Waals surface area contributed by atoms with Crippen LogP contribution in [0.3, 0.4) is 0 Å². The number of nitrogens with two attached hydrogens (primary N) is 1. The van der Waals surface area contributed by atoms with E-state index >= 15 is 0 Å². The highest BCUT2D eigenvalue weighted by Gasteiger charge is 2.04. The molecule has 0 fully saturated rings. The van der Waals surface area contributed by atoms with E-state index in [1.165, 1.54) is 10.9 Å². The molecule has 94 valence electrons. The third kappa shape index (κ3) is 2.27. The summed E-state index contributed by atoms with van der Waals surface area (Å²) >= 11 is 0. The molecule has 3 nitrogen and oxygen atoms in total. The summed E-state index contributed by atoms with van der Waals surface area (Å²) in [6, 6.07) is 14.1. The first-order chi connectivity index (χ1) is 9.24. The monoisotopic (exact) mass is 249 g/mol. The molecule has 0 amide bonds. The van der Waals surface area contributed by atoms with Crippen LogP contribution in [-0.2, 0) is 6.42 Å². The predicted molar refractivity (Wildman–Crippen MR) is 77.9 cm³/mol. The normalized spacial score (nSPS) is 10.8. The lowest BCUT2D eigenvalue weighted by Gasteiger charge is -2.07. The molecule has 0 bridgehead atoms. The molecule has 0 aliphatic heterocycles. The molecule has 3 rings (SSSR count). The van der Waals surface area contributed by atoms with E-state index in [1.54, 1.807) is 0 Å². The third-order valence-corrected chi connectivity index (χ3v) is 3.30. The number of benzene rings is 1. The predicted octanol–water partition coefficient (Wildman–Crippen LogP) is 3.11. The third-order valence-electron chi connectivity index (χ3n) is 3.30. The number of rotatable bonds is 2. The molecule has 0 unspecified atom stereocenters. The van der Waals surface area contributed by atoms with Crippen LogP contribution in [0, 0.1) is 6.92 Å². The van der Waals surface area contributed by atoms with Gasteiger partial charge in [-0.05, 0) is 36.8 Å². The molecule has 2 heterocycles. The van der Waals surface area contributed by atoms with Crippen LogP contribution < -0.4 is 5.73 Å². The fourth-order valence-corrected chi connectivity index (χ4v) is 2.23. The van der Waals surface area contributed by atoms with Gasteiger partial charge in [0.25, 0.3) is 0 Å². The van der Waals surface area contributed by atoms with E-state index in [9.17, 15) is 0 Å². The molecule has 0 radical (unpaired) electrons. The van der Waals surface area contributed by atoms with E-state index in [0.717, 1.165) is 29.0 Å². The van der Waals surface area contributed by atoms with Gasteiger partial charge in [-0.3, -0.25) is 9.97 Å². The zero-order valence-corrected chi connectivity index (χ0v) is 10.8. The van der Waals surface area contributed by atoms with Crippen molar-refractivity contribution in [2.24, 2.45) is 0 Å². The first kappa shape index (κ1) is 11.7. The Labute approximate surface area is 112 Å². The van der Waals surface area contributed by atoms with Crippen molar-refractivity contribution >= 4 is 16.6 Å². The molecule has 2 N–H and O–H groups in total. The maximum absolute atomic E-state index is 5.80. The zero-order chi connectivity index (χ0) is 13.2.